The van der Waals surface area contributed by atoms with Gasteiger partial charge in [0.2, 0.25) is 11.8 Å². The van der Waals surface area contributed by atoms with Crippen LogP contribution in [0, 0.1) is 17.8 Å². The third-order valence-electron chi connectivity index (χ3n) is 6.83. The van der Waals surface area contributed by atoms with Gasteiger partial charge in [-0.1, -0.05) is 6.42 Å². The fourth-order valence-electron chi connectivity index (χ4n) is 5.63. The Kier molecular flexibility index (Phi) is 2.95. The normalized spacial score (nSPS) is 26.4. The van der Waals surface area contributed by atoms with Crippen LogP contribution in [0.5, 0.6) is 23.5 Å². The van der Waals surface area contributed by atoms with Gasteiger partial charge in [0.1, 0.15) is 0 Å². The Labute approximate surface area is 146 Å². The fourth-order valence-corrected chi connectivity index (χ4v) is 5.63. The number of aromatic hydroxyl groups is 4. The van der Waals surface area contributed by atoms with Crippen molar-refractivity contribution in [2.45, 2.75) is 52.1 Å². The highest BCUT2D eigenvalue weighted by Crippen LogP contribution is 2.56. The van der Waals surface area contributed by atoms with Crippen LogP contribution in [-0.4, -0.2) is 29.6 Å². The molecule has 2 saturated carbocycles. The predicted molar refractivity (Wildman–Crippen MR) is 91.9 cm³/mol. The molecule has 2 aromatic heterocycles. The zero-order valence-electron chi connectivity index (χ0n) is 14.4. The maximum Gasteiger partial charge on any atom is 0.202 e. The first kappa shape index (κ1) is 15.0. The van der Waals surface area contributed by atoms with E-state index < -0.39 is 0 Å². The maximum absolute atomic E-state index is 10.8. The monoisotopic (exact) mass is 344 g/mol. The van der Waals surface area contributed by atoms with E-state index in [1.807, 2.05) is 6.92 Å². The molecule has 0 spiro atoms. The summed E-state index contributed by atoms with van der Waals surface area (Å²) in [6.07, 6.45) is 5.37. The summed E-state index contributed by atoms with van der Waals surface area (Å²) in [6.45, 7) is 2.91. The first-order valence-electron chi connectivity index (χ1n) is 9.28. The second-order valence-corrected chi connectivity index (χ2v) is 7.97. The fraction of sp³-hybridized carbons (Fsp3) is 0.579. The van der Waals surface area contributed by atoms with Crippen LogP contribution in [0.3, 0.4) is 0 Å². The highest BCUT2D eigenvalue weighted by molar-refractivity contribution is 5.88. The lowest BCUT2D eigenvalue weighted by Gasteiger charge is -2.23. The molecule has 0 aromatic carbocycles. The summed E-state index contributed by atoms with van der Waals surface area (Å²) in [5.41, 5.74) is 2.14. The number of fused-ring (bicyclic) bond motifs is 5. The van der Waals surface area contributed by atoms with Gasteiger partial charge in [-0.3, -0.25) is 9.13 Å². The molecule has 134 valence electrons. The van der Waals surface area contributed by atoms with Crippen molar-refractivity contribution in [3.63, 3.8) is 0 Å². The van der Waals surface area contributed by atoms with Crippen molar-refractivity contribution in [3.8, 4) is 34.6 Å². The van der Waals surface area contributed by atoms with Crippen LogP contribution in [0.2, 0.25) is 0 Å². The number of nitrogens with zero attached hydrogens (tertiary/aromatic N) is 2. The summed E-state index contributed by atoms with van der Waals surface area (Å²) in [7, 11) is 0. The van der Waals surface area contributed by atoms with Crippen molar-refractivity contribution in [1.82, 2.24) is 9.13 Å². The minimum absolute atomic E-state index is 0.0116. The van der Waals surface area contributed by atoms with E-state index in [0.29, 0.717) is 53.6 Å². The van der Waals surface area contributed by atoms with Gasteiger partial charge in [0, 0.05) is 30.6 Å². The molecule has 0 aliphatic heterocycles. The molecular weight excluding hydrogens is 320 g/mol. The molecule has 2 bridgehead atoms. The lowest BCUT2D eigenvalue weighted by Crippen LogP contribution is -2.17. The van der Waals surface area contributed by atoms with Crippen LogP contribution in [0.4, 0.5) is 0 Å². The molecule has 0 saturated heterocycles. The average Bonchev–Trinajstić information content (AvgIpc) is 3.36. The first-order valence-corrected chi connectivity index (χ1v) is 9.28. The summed E-state index contributed by atoms with van der Waals surface area (Å²) in [6, 6.07) is 0. The summed E-state index contributed by atoms with van der Waals surface area (Å²) in [5.74, 6) is 2.09. The quantitative estimate of drug-likeness (QED) is 0.587. The standard InChI is InChI=1S/C19H24N2O4/c1-2-20-16(22)12-7-13-15(14(12)18(20)24)19(25)21(17(13)23)8-11-6-9-3-4-10(11)5-9/h9-11,22-25H,2-8H2,1H3. The molecule has 3 atom stereocenters. The molecule has 3 unspecified atom stereocenters. The molecule has 2 aromatic rings. The van der Waals surface area contributed by atoms with Crippen molar-refractivity contribution >= 4 is 0 Å². The molecule has 3 aliphatic carbocycles. The largest absolute Gasteiger partial charge is 0.494 e. The predicted octanol–water partition coefficient (Wildman–Crippen LogP) is 3.14. The zero-order valence-corrected chi connectivity index (χ0v) is 14.4. The minimum atomic E-state index is -0.0406. The summed E-state index contributed by atoms with van der Waals surface area (Å²) in [5, 5.41) is 42.3. The van der Waals surface area contributed by atoms with Crippen LogP contribution in [0.15, 0.2) is 0 Å². The van der Waals surface area contributed by atoms with Gasteiger partial charge in [0.15, 0.2) is 11.8 Å². The Balaban J connectivity index is 1.57. The van der Waals surface area contributed by atoms with E-state index in [2.05, 4.69) is 0 Å². The molecule has 2 heterocycles. The number of rotatable bonds is 3. The third kappa shape index (κ3) is 1.80. The lowest BCUT2D eigenvalue weighted by molar-refractivity contribution is 0.265. The molecule has 0 amide bonds. The average molecular weight is 344 g/mol. The molecule has 4 N–H and O–H groups in total. The van der Waals surface area contributed by atoms with Gasteiger partial charge in [-0.25, -0.2) is 0 Å². The smallest absolute Gasteiger partial charge is 0.202 e. The van der Waals surface area contributed by atoms with E-state index in [0.717, 1.165) is 5.92 Å². The minimum Gasteiger partial charge on any atom is -0.494 e. The molecule has 2 fully saturated rings. The van der Waals surface area contributed by atoms with Gasteiger partial charge in [-0.15, -0.1) is 0 Å². The van der Waals surface area contributed by atoms with Crippen molar-refractivity contribution in [1.29, 1.82) is 0 Å². The molecular formula is C19H24N2O4. The third-order valence-corrected chi connectivity index (χ3v) is 6.83. The van der Waals surface area contributed by atoms with Gasteiger partial charge in [-0.2, -0.15) is 0 Å². The van der Waals surface area contributed by atoms with Gasteiger partial charge in [0.25, 0.3) is 0 Å². The Morgan fingerprint density at radius 1 is 0.840 bits per heavy atom. The Morgan fingerprint density at radius 2 is 1.48 bits per heavy atom. The van der Waals surface area contributed by atoms with Crippen LogP contribution in [0.1, 0.15) is 43.7 Å². The van der Waals surface area contributed by atoms with Crippen LogP contribution >= 0.6 is 0 Å². The van der Waals surface area contributed by atoms with Gasteiger partial charge in [-0.05, 0) is 43.9 Å². The Hall–Kier alpha value is -2.24. The van der Waals surface area contributed by atoms with E-state index in [-0.39, 0.29) is 23.5 Å². The summed E-state index contributed by atoms with van der Waals surface area (Å²) >= 11 is 0. The van der Waals surface area contributed by atoms with Crippen molar-refractivity contribution in [2.24, 2.45) is 17.8 Å². The molecule has 0 radical (unpaired) electrons. The molecule has 25 heavy (non-hydrogen) atoms. The molecule has 5 rings (SSSR count). The van der Waals surface area contributed by atoms with Crippen molar-refractivity contribution in [2.75, 3.05) is 0 Å². The van der Waals surface area contributed by atoms with Crippen LogP contribution < -0.4 is 0 Å². The molecule has 3 aliphatic rings. The second-order valence-electron chi connectivity index (χ2n) is 7.97. The Bertz CT molecular complexity index is 879. The van der Waals surface area contributed by atoms with Crippen LogP contribution in [0.25, 0.3) is 11.1 Å². The SMILES string of the molecule is CCn1c(O)c2c(c1O)-c1c(c(O)n(CC3CC4CCC3C4)c1O)C2. The van der Waals surface area contributed by atoms with E-state index in [4.69, 9.17) is 0 Å². The van der Waals surface area contributed by atoms with Gasteiger partial charge < -0.3 is 20.4 Å². The van der Waals surface area contributed by atoms with Gasteiger partial charge in [0.05, 0.1) is 11.1 Å². The summed E-state index contributed by atoms with van der Waals surface area (Å²) < 4.78 is 3.04. The van der Waals surface area contributed by atoms with Gasteiger partial charge >= 0.3 is 0 Å². The second kappa shape index (κ2) is 4.90. The van der Waals surface area contributed by atoms with Crippen molar-refractivity contribution in [3.05, 3.63) is 11.1 Å². The number of hydrogen-bond acceptors (Lipinski definition) is 4. The highest BCUT2D eigenvalue weighted by atomic mass is 16.3. The first-order chi connectivity index (χ1) is 12.0. The van der Waals surface area contributed by atoms with E-state index in [9.17, 15) is 20.4 Å². The van der Waals surface area contributed by atoms with Crippen LogP contribution in [-0.2, 0) is 19.5 Å². The van der Waals surface area contributed by atoms with Crippen molar-refractivity contribution < 1.29 is 20.4 Å². The highest BCUT2D eigenvalue weighted by Gasteiger charge is 2.42. The Morgan fingerprint density at radius 3 is 2.04 bits per heavy atom. The summed E-state index contributed by atoms with van der Waals surface area (Å²) in [4.78, 5) is 0. The molecule has 6 heteroatoms. The van der Waals surface area contributed by atoms with E-state index in [1.54, 1.807) is 4.57 Å². The maximum atomic E-state index is 10.8. The topological polar surface area (TPSA) is 90.8 Å². The molecule has 6 nitrogen and oxygen atoms in total. The van der Waals surface area contributed by atoms with E-state index in [1.165, 1.54) is 30.3 Å². The number of aromatic nitrogens is 2. The lowest BCUT2D eigenvalue weighted by atomic mass is 9.89. The van der Waals surface area contributed by atoms with E-state index >= 15 is 0 Å². The number of hydrogen-bond donors (Lipinski definition) is 4. The zero-order chi connectivity index (χ0) is 17.5.